The van der Waals surface area contributed by atoms with E-state index < -0.39 is 0 Å². The number of carbonyl (C=O) groups is 1. The Bertz CT molecular complexity index is 823. The van der Waals surface area contributed by atoms with Crippen LogP contribution in [0.3, 0.4) is 0 Å². The van der Waals surface area contributed by atoms with E-state index in [-0.39, 0.29) is 5.91 Å². The second-order valence-electron chi connectivity index (χ2n) is 4.90. The van der Waals surface area contributed by atoms with E-state index in [1.165, 1.54) is 0 Å². The summed E-state index contributed by atoms with van der Waals surface area (Å²) in [6.07, 6.45) is 1.98. The van der Waals surface area contributed by atoms with E-state index in [0.717, 1.165) is 30.9 Å². The lowest BCUT2D eigenvalue weighted by Crippen LogP contribution is -2.22. The van der Waals surface area contributed by atoms with Gasteiger partial charge in [0.1, 0.15) is 0 Å². The van der Waals surface area contributed by atoms with Crippen LogP contribution in [0.4, 0.5) is 0 Å². The fourth-order valence-corrected chi connectivity index (χ4v) is 4.37. The first-order chi connectivity index (χ1) is 11.2. The molecule has 2 aromatic heterocycles. The van der Waals surface area contributed by atoms with Gasteiger partial charge in [-0.25, -0.2) is 4.98 Å². The number of hydrogen-bond acceptors (Lipinski definition) is 5. The van der Waals surface area contributed by atoms with Gasteiger partial charge < -0.3 is 5.32 Å². The maximum atomic E-state index is 12.3. The number of thioether (sulfide) groups is 1. The Morgan fingerprint density at radius 1 is 1.26 bits per heavy atom. The molecule has 0 fully saturated rings. The Labute approximate surface area is 147 Å². The zero-order valence-electron chi connectivity index (χ0n) is 12.8. The highest BCUT2D eigenvalue weighted by Gasteiger charge is 2.11. The second kappa shape index (κ2) is 7.29. The number of aromatic nitrogens is 1. The number of rotatable bonds is 5. The quantitative estimate of drug-likeness (QED) is 0.663. The lowest BCUT2D eigenvalue weighted by atomic mass is 10.2. The van der Waals surface area contributed by atoms with Crippen molar-refractivity contribution in [1.82, 2.24) is 10.3 Å². The molecule has 118 valence electrons. The van der Waals surface area contributed by atoms with Crippen LogP contribution in [0.15, 0.2) is 46.7 Å². The molecule has 3 aromatic rings. The largest absolute Gasteiger partial charge is 0.347 e. The Morgan fingerprint density at radius 2 is 2.09 bits per heavy atom. The summed E-state index contributed by atoms with van der Waals surface area (Å²) >= 11 is 4.91. The van der Waals surface area contributed by atoms with Crippen LogP contribution >= 0.6 is 34.4 Å². The highest BCUT2D eigenvalue weighted by Crippen LogP contribution is 2.29. The minimum atomic E-state index is -0.0330. The average Bonchev–Trinajstić information content (AvgIpc) is 3.21. The Hall–Kier alpha value is -1.63. The van der Waals surface area contributed by atoms with E-state index in [0.29, 0.717) is 6.54 Å². The summed E-state index contributed by atoms with van der Waals surface area (Å²) < 4.78 is 0. The SMILES string of the molecule is CSc1ccccc1C(=O)NCc1ccc(-c2csc(C)n2)s1. The number of benzene rings is 1. The standard InChI is InChI=1S/C17H16N2OS3/c1-11-19-14(10-22-11)16-8-7-12(23-16)9-18-17(20)13-5-3-4-6-15(13)21-2/h3-8,10H,9H2,1-2H3,(H,18,20). The minimum Gasteiger partial charge on any atom is -0.347 e. The van der Waals surface area contributed by atoms with Crippen molar-refractivity contribution in [2.75, 3.05) is 6.26 Å². The molecule has 0 atom stereocenters. The predicted molar refractivity (Wildman–Crippen MR) is 99.6 cm³/mol. The van der Waals surface area contributed by atoms with E-state index >= 15 is 0 Å². The molecule has 0 saturated heterocycles. The van der Waals surface area contributed by atoms with Gasteiger partial charge in [-0.15, -0.1) is 34.4 Å². The topological polar surface area (TPSA) is 42.0 Å². The van der Waals surface area contributed by atoms with E-state index in [1.54, 1.807) is 34.4 Å². The number of hydrogen-bond donors (Lipinski definition) is 1. The fourth-order valence-electron chi connectivity index (χ4n) is 2.18. The first-order valence-electron chi connectivity index (χ1n) is 7.10. The predicted octanol–water partition coefficient (Wildman–Crippen LogP) is 4.83. The highest BCUT2D eigenvalue weighted by molar-refractivity contribution is 7.98. The van der Waals surface area contributed by atoms with Crippen molar-refractivity contribution < 1.29 is 4.79 Å². The summed E-state index contributed by atoms with van der Waals surface area (Å²) in [7, 11) is 0. The second-order valence-corrected chi connectivity index (χ2v) is 7.98. The van der Waals surface area contributed by atoms with Crippen molar-refractivity contribution in [3.05, 3.63) is 57.2 Å². The van der Waals surface area contributed by atoms with Gasteiger partial charge in [0, 0.05) is 15.2 Å². The van der Waals surface area contributed by atoms with E-state index in [2.05, 4.69) is 27.8 Å². The van der Waals surface area contributed by atoms with Gasteiger partial charge in [0.2, 0.25) is 0 Å². The molecule has 0 aliphatic carbocycles. The van der Waals surface area contributed by atoms with E-state index in [9.17, 15) is 4.79 Å². The first-order valence-corrected chi connectivity index (χ1v) is 10.0. The van der Waals surface area contributed by atoms with Crippen molar-refractivity contribution in [2.24, 2.45) is 0 Å². The van der Waals surface area contributed by atoms with Crippen LogP contribution < -0.4 is 5.32 Å². The number of amides is 1. The molecular weight excluding hydrogens is 344 g/mol. The monoisotopic (exact) mass is 360 g/mol. The van der Waals surface area contributed by atoms with Gasteiger partial charge in [0.25, 0.3) is 5.91 Å². The third-order valence-corrected chi connectivity index (χ3v) is 5.98. The lowest BCUT2D eigenvalue weighted by molar-refractivity contribution is 0.0948. The van der Waals surface area contributed by atoms with Gasteiger partial charge >= 0.3 is 0 Å². The molecule has 6 heteroatoms. The molecule has 0 aliphatic rings. The van der Waals surface area contributed by atoms with Gasteiger partial charge in [-0.1, -0.05) is 12.1 Å². The fraction of sp³-hybridized carbons (Fsp3) is 0.176. The third kappa shape index (κ3) is 3.83. The van der Waals surface area contributed by atoms with Crippen molar-refractivity contribution in [3.63, 3.8) is 0 Å². The van der Waals surface area contributed by atoms with Crippen molar-refractivity contribution in [1.29, 1.82) is 0 Å². The number of carbonyl (C=O) groups excluding carboxylic acids is 1. The normalized spacial score (nSPS) is 10.7. The summed E-state index contributed by atoms with van der Waals surface area (Å²) in [5.74, 6) is -0.0330. The Morgan fingerprint density at radius 3 is 2.83 bits per heavy atom. The molecule has 23 heavy (non-hydrogen) atoms. The maximum absolute atomic E-state index is 12.3. The van der Waals surface area contributed by atoms with Crippen LogP contribution in [0.2, 0.25) is 0 Å². The number of nitrogens with zero attached hydrogens (tertiary/aromatic N) is 1. The summed E-state index contributed by atoms with van der Waals surface area (Å²) in [4.78, 5) is 20.1. The van der Waals surface area contributed by atoms with Crippen LogP contribution in [0.25, 0.3) is 10.6 Å². The summed E-state index contributed by atoms with van der Waals surface area (Å²) in [6, 6.07) is 11.8. The Balaban J connectivity index is 1.67. The summed E-state index contributed by atoms with van der Waals surface area (Å²) in [5.41, 5.74) is 1.75. The van der Waals surface area contributed by atoms with Crippen LogP contribution in [-0.4, -0.2) is 17.1 Å². The summed E-state index contributed by atoms with van der Waals surface area (Å²) in [5, 5.41) is 6.13. The zero-order valence-corrected chi connectivity index (χ0v) is 15.3. The molecule has 3 rings (SSSR count). The molecular formula is C17H16N2OS3. The molecule has 3 nitrogen and oxygen atoms in total. The van der Waals surface area contributed by atoms with E-state index in [1.807, 2.05) is 37.4 Å². The van der Waals surface area contributed by atoms with Crippen molar-refractivity contribution in [3.8, 4) is 10.6 Å². The van der Waals surface area contributed by atoms with Crippen LogP contribution in [0.5, 0.6) is 0 Å². The third-order valence-electron chi connectivity index (χ3n) is 3.31. The minimum absolute atomic E-state index is 0.0330. The molecule has 1 amide bonds. The van der Waals surface area contributed by atoms with Gasteiger partial charge in [0.15, 0.2) is 0 Å². The van der Waals surface area contributed by atoms with Crippen molar-refractivity contribution in [2.45, 2.75) is 18.4 Å². The van der Waals surface area contributed by atoms with E-state index in [4.69, 9.17) is 0 Å². The number of thiophene rings is 1. The Kier molecular flexibility index (Phi) is 5.15. The molecule has 0 bridgehead atoms. The number of nitrogens with one attached hydrogen (secondary N) is 1. The van der Waals surface area contributed by atoms with Gasteiger partial charge in [-0.2, -0.15) is 0 Å². The van der Waals surface area contributed by atoms with Gasteiger partial charge in [-0.3, -0.25) is 4.79 Å². The molecule has 0 unspecified atom stereocenters. The van der Waals surface area contributed by atoms with Gasteiger partial charge in [-0.05, 0) is 37.4 Å². The number of aryl methyl sites for hydroxylation is 1. The first kappa shape index (κ1) is 16.2. The molecule has 1 N–H and O–H groups in total. The smallest absolute Gasteiger partial charge is 0.252 e. The average molecular weight is 361 g/mol. The highest BCUT2D eigenvalue weighted by atomic mass is 32.2. The molecule has 0 radical (unpaired) electrons. The molecule has 0 aliphatic heterocycles. The van der Waals surface area contributed by atoms with Crippen LogP contribution in [0, 0.1) is 6.92 Å². The molecule has 2 heterocycles. The summed E-state index contributed by atoms with van der Waals surface area (Å²) in [6.45, 7) is 2.54. The molecule has 0 spiro atoms. The maximum Gasteiger partial charge on any atom is 0.252 e. The molecule has 1 aromatic carbocycles. The lowest BCUT2D eigenvalue weighted by Gasteiger charge is -2.07. The zero-order chi connectivity index (χ0) is 16.2. The van der Waals surface area contributed by atoms with Crippen LogP contribution in [0.1, 0.15) is 20.2 Å². The van der Waals surface area contributed by atoms with Crippen LogP contribution in [-0.2, 0) is 6.54 Å². The van der Waals surface area contributed by atoms with Gasteiger partial charge in [0.05, 0.1) is 27.7 Å². The van der Waals surface area contributed by atoms with Crippen molar-refractivity contribution >= 4 is 40.3 Å². The molecule has 0 saturated carbocycles. The number of thiazole rings is 1.